The molecule has 0 saturated carbocycles. The van der Waals surface area contributed by atoms with Gasteiger partial charge in [-0.2, -0.15) is 0 Å². The molecule has 0 saturated heterocycles. The van der Waals surface area contributed by atoms with E-state index in [1.165, 1.54) is 37.5 Å². The van der Waals surface area contributed by atoms with Gasteiger partial charge in [-0.05, 0) is 55.5 Å². The van der Waals surface area contributed by atoms with Crippen LogP contribution in [0.5, 0.6) is 17.2 Å². The van der Waals surface area contributed by atoms with Crippen LogP contribution >= 0.6 is 0 Å². The Hall–Kier alpha value is -3.89. The Balaban J connectivity index is 2.12. The Morgan fingerprint density at radius 3 is 2.28 bits per heavy atom. The second-order valence-electron chi connectivity index (χ2n) is 9.74. The van der Waals surface area contributed by atoms with Crippen molar-refractivity contribution in [1.82, 2.24) is 0 Å². The molecule has 0 N–H and O–H groups in total. The van der Waals surface area contributed by atoms with Crippen LogP contribution in [0.1, 0.15) is 68.6 Å². The molecule has 11 heteroatoms. The van der Waals surface area contributed by atoms with Crippen LogP contribution in [0.15, 0.2) is 49.1 Å². The second-order valence-corrected chi connectivity index (χ2v) is 9.74. The van der Waals surface area contributed by atoms with Crippen LogP contribution in [0, 0.1) is 0 Å². The second kappa shape index (κ2) is 17.3. The number of alkyl halides is 5. The number of halogens is 5. The number of methoxy groups -OCH3 is 1. The molecule has 0 heterocycles. The number of allylic oxidation sites excluding steroid dienone is 1. The number of unbranched alkanes of at least 4 members (excludes halogenated alkanes) is 2. The average Bonchev–Trinajstić information content (AvgIpc) is 2.96. The summed E-state index contributed by atoms with van der Waals surface area (Å²) in [7, 11) is 1.37. The maximum absolute atomic E-state index is 14.1. The maximum atomic E-state index is 14.1. The highest BCUT2D eigenvalue weighted by molar-refractivity contribution is 6.14. The predicted octanol–water partition coefficient (Wildman–Crippen LogP) is 8.37. The summed E-state index contributed by atoms with van der Waals surface area (Å²) in [4.78, 5) is 23.0. The molecule has 0 aliphatic carbocycles. The Morgan fingerprint density at radius 2 is 1.65 bits per heavy atom. The van der Waals surface area contributed by atoms with E-state index in [4.69, 9.17) is 14.2 Å². The molecule has 236 valence electrons. The van der Waals surface area contributed by atoms with Gasteiger partial charge in [-0.1, -0.05) is 38.5 Å². The molecule has 0 aromatic heterocycles. The number of hydrogen-bond acceptors (Lipinski definition) is 6. The SMILES string of the molecule is C=CC(=O)OCCCC(F)(F)CCCOc1ccc(/C=C(\C=O)c2ccc(CCCCC)cc2OC(F)(F)F)c(OC)c1. The highest BCUT2D eigenvalue weighted by atomic mass is 19.4. The number of aldehydes is 1. The van der Waals surface area contributed by atoms with Gasteiger partial charge in [0.05, 0.1) is 20.3 Å². The molecule has 6 nitrogen and oxygen atoms in total. The first-order chi connectivity index (χ1) is 20.4. The molecule has 0 spiro atoms. The molecule has 0 amide bonds. The summed E-state index contributed by atoms with van der Waals surface area (Å²) in [6, 6.07) is 8.96. The number of benzene rings is 2. The van der Waals surface area contributed by atoms with Gasteiger partial charge < -0.3 is 18.9 Å². The zero-order chi connectivity index (χ0) is 31.9. The van der Waals surface area contributed by atoms with Crippen LogP contribution in [-0.2, 0) is 20.7 Å². The molecular formula is C32H37F5O6. The molecule has 0 unspecified atom stereocenters. The summed E-state index contributed by atoms with van der Waals surface area (Å²) in [6.07, 6.45) is 0.276. The zero-order valence-electron chi connectivity index (χ0n) is 24.3. The minimum atomic E-state index is -4.95. The van der Waals surface area contributed by atoms with Crippen molar-refractivity contribution in [3.63, 3.8) is 0 Å². The molecule has 43 heavy (non-hydrogen) atoms. The summed E-state index contributed by atoms with van der Waals surface area (Å²) >= 11 is 0. The van der Waals surface area contributed by atoms with Gasteiger partial charge in [-0.15, -0.1) is 13.2 Å². The first-order valence-electron chi connectivity index (χ1n) is 13.9. The minimum absolute atomic E-state index is 0.00924. The van der Waals surface area contributed by atoms with Crippen molar-refractivity contribution in [3.05, 3.63) is 65.7 Å². The Labute approximate surface area is 248 Å². The van der Waals surface area contributed by atoms with Crippen molar-refractivity contribution in [3.8, 4) is 17.2 Å². The molecule has 0 atom stereocenters. The lowest BCUT2D eigenvalue weighted by Crippen LogP contribution is -2.18. The molecule has 0 radical (unpaired) electrons. The van der Waals surface area contributed by atoms with Gasteiger partial charge in [-0.25, -0.2) is 13.6 Å². The highest BCUT2D eigenvalue weighted by Gasteiger charge is 2.33. The van der Waals surface area contributed by atoms with Crippen LogP contribution in [0.4, 0.5) is 22.0 Å². The summed E-state index contributed by atoms with van der Waals surface area (Å²) in [6.45, 7) is 5.12. The van der Waals surface area contributed by atoms with Crippen LogP contribution in [0.25, 0.3) is 11.6 Å². The maximum Gasteiger partial charge on any atom is 0.573 e. The fourth-order valence-electron chi connectivity index (χ4n) is 4.20. The minimum Gasteiger partial charge on any atom is -0.496 e. The Morgan fingerprint density at radius 1 is 0.930 bits per heavy atom. The molecule has 2 aromatic carbocycles. The number of ether oxygens (including phenoxy) is 4. The van der Waals surface area contributed by atoms with E-state index in [-0.39, 0.29) is 42.9 Å². The van der Waals surface area contributed by atoms with E-state index in [1.807, 2.05) is 6.92 Å². The largest absolute Gasteiger partial charge is 0.573 e. The number of rotatable bonds is 19. The van der Waals surface area contributed by atoms with Crippen LogP contribution in [-0.4, -0.2) is 44.9 Å². The monoisotopic (exact) mass is 612 g/mol. The van der Waals surface area contributed by atoms with E-state index >= 15 is 0 Å². The molecule has 2 rings (SSSR count). The first-order valence-corrected chi connectivity index (χ1v) is 13.9. The molecular weight excluding hydrogens is 575 g/mol. The average molecular weight is 613 g/mol. The van der Waals surface area contributed by atoms with Gasteiger partial charge >= 0.3 is 12.3 Å². The number of aryl methyl sites for hydroxylation is 1. The lowest BCUT2D eigenvalue weighted by Gasteiger charge is -2.17. The molecule has 0 fully saturated rings. The Bertz CT molecular complexity index is 1240. The van der Waals surface area contributed by atoms with E-state index in [2.05, 4.69) is 11.3 Å². The van der Waals surface area contributed by atoms with Crippen LogP contribution < -0.4 is 14.2 Å². The van der Waals surface area contributed by atoms with Gasteiger partial charge in [0, 0.05) is 41.7 Å². The molecule has 0 aliphatic rings. The quantitative estimate of drug-likeness (QED) is 0.0397. The van der Waals surface area contributed by atoms with E-state index in [9.17, 15) is 31.5 Å². The number of carbonyl (C=O) groups excluding carboxylic acids is 2. The molecule has 2 aromatic rings. The zero-order valence-corrected chi connectivity index (χ0v) is 24.3. The Kier molecular flexibility index (Phi) is 14.2. The van der Waals surface area contributed by atoms with Crippen molar-refractivity contribution >= 4 is 23.9 Å². The lowest BCUT2D eigenvalue weighted by atomic mass is 9.98. The van der Waals surface area contributed by atoms with Gasteiger partial charge in [-0.3, -0.25) is 4.79 Å². The van der Waals surface area contributed by atoms with Gasteiger partial charge in [0.15, 0.2) is 6.29 Å². The third kappa shape index (κ3) is 12.9. The van der Waals surface area contributed by atoms with E-state index < -0.39 is 36.8 Å². The topological polar surface area (TPSA) is 71.1 Å². The molecule has 0 bridgehead atoms. The lowest BCUT2D eigenvalue weighted by molar-refractivity contribution is -0.274. The molecule has 0 aliphatic heterocycles. The summed E-state index contributed by atoms with van der Waals surface area (Å²) in [5.74, 6) is -3.52. The van der Waals surface area contributed by atoms with E-state index in [0.717, 1.165) is 25.3 Å². The van der Waals surface area contributed by atoms with Gasteiger partial charge in [0.2, 0.25) is 5.92 Å². The fraction of sp³-hybridized carbons (Fsp3) is 0.438. The van der Waals surface area contributed by atoms with Crippen molar-refractivity contribution in [2.45, 2.75) is 70.6 Å². The van der Waals surface area contributed by atoms with Gasteiger partial charge in [0.25, 0.3) is 0 Å². The normalized spacial score (nSPS) is 12.0. The van der Waals surface area contributed by atoms with E-state index in [0.29, 0.717) is 29.6 Å². The van der Waals surface area contributed by atoms with E-state index in [1.54, 1.807) is 12.1 Å². The predicted molar refractivity (Wildman–Crippen MR) is 153 cm³/mol. The van der Waals surface area contributed by atoms with Crippen molar-refractivity contribution < 1.29 is 50.5 Å². The number of carbonyl (C=O) groups is 2. The standard InChI is InChI=1S/C32H37F5O6/c1-4-6-7-10-23-11-14-27(29(19-23)43-32(35,36)37)25(22-38)20-24-12-13-26(21-28(24)40-3)41-17-8-15-31(33,34)16-9-18-42-30(39)5-2/h5,11-14,19-22H,2,4,6-10,15-18H2,1,3H3/b25-20+. The van der Waals surface area contributed by atoms with Crippen LogP contribution in [0.3, 0.4) is 0 Å². The summed E-state index contributed by atoms with van der Waals surface area (Å²) in [5.41, 5.74) is 0.944. The number of esters is 1. The smallest absolute Gasteiger partial charge is 0.496 e. The third-order valence-electron chi connectivity index (χ3n) is 6.35. The summed E-state index contributed by atoms with van der Waals surface area (Å²) < 4.78 is 87.7. The van der Waals surface area contributed by atoms with Crippen LogP contribution in [0.2, 0.25) is 0 Å². The fourth-order valence-corrected chi connectivity index (χ4v) is 4.20. The van der Waals surface area contributed by atoms with Crippen molar-refractivity contribution in [2.75, 3.05) is 20.3 Å². The highest BCUT2D eigenvalue weighted by Crippen LogP contribution is 2.35. The number of hydrogen-bond donors (Lipinski definition) is 0. The van der Waals surface area contributed by atoms with Crippen molar-refractivity contribution in [1.29, 1.82) is 0 Å². The first kappa shape index (κ1) is 35.3. The van der Waals surface area contributed by atoms with Gasteiger partial charge in [0.1, 0.15) is 17.2 Å². The third-order valence-corrected chi connectivity index (χ3v) is 6.35. The van der Waals surface area contributed by atoms with Crippen molar-refractivity contribution in [2.24, 2.45) is 0 Å². The summed E-state index contributed by atoms with van der Waals surface area (Å²) in [5, 5.41) is 0.